The van der Waals surface area contributed by atoms with Crippen LogP contribution in [-0.2, 0) is 0 Å². The Balaban J connectivity index is 2.40. The van der Waals surface area contributed by atoms with E-state index in [4.69, 9.17) is 5.73 Å². The zero-order valence-corrected chi connectivity index (χ0v) is 9.01. The van der Waals surface area contributed by atoms with Crippen LogP contribution in [0.15, 0.2) is 42.6 Å². The molecule has 0 spiro atoms. The molecular formula is C11H14N5+. The predicted octanol–water partition coefficient (Wildman–Crippen LogP) is 0.487. The van der Waals surface area contributed by atoms with Gasteiger partial charge in [-0.15, -0.1) is 0 Å². The van der Waals surface area contributed by atoms with Crippen LogP contribution in [0.5, 0.6) is 0 Å². The van der Waals surface area contributed by atoms with E-state index >= 15 is 0 Å². The fourth-order valence-electron chi connectivity index (χ4n) is 1.37. The topological polar surface area (TPSA) is 66.9 Å². The van der Waals surface area contributed by atoms with Crippen molar-refractivity contribution in [3.63, 3.8) is 0 Å². The number of nitrogens with one attached hydrogen (secondary N) is 2. The van der Waals surface area contributed by atoms with Crippen LogP contribution in [0.1, 0.15) is 0 Å². The van der Waals surface area contributed by atoms with Crippen molar-refractivity contribution in [2.75, 3.05) is 18.2 Å². The highest BCUT2D eigenvalue weighted by Gasteiger charge is 2.10. The third-order valence-corrected chi connectivity index (χ3v) is 2.14. The summed E-state index contributed by atoms with van der Waals surface area (Å²) in [6.45, 7) is 0. The summed E-state index contributed by atoms with van der Waals surface area (Å²) in [5.74, 6) is 0.605. The molecule has 0 aliphatic carbocycles. The Bertz CT molecular complexity index is 469. The number of nitrogens with two attached hydrogens (primary N) is 1. The molecule has 0 radical (unpaired) electrons. The number of nitrogen functional groups attached to an aromatic ring is 1. The Morgan fingerprint density at radius 2 is 1.94 bits per heavy atom. The molecule has 2 rings (SSSR count). The highest BCUT2D eigenvalue weighted by molar-refractivity contribution is 5.58. The first-order chi connectivity index (χ1) is 7.81. The largest absolute Gasteiger partial charge is 0.395 e. The second-order valence-corrected chi connectivity index (χ2v) is 3.27. The van der Waals surface area contributed by atoms with Gasteiger partial charge in [0.2, 0.25) is 17.7 Å². The van der Waals surface area contributed by atoms with Crippen molar-refractivity contribution >= 4 is 11.5 Å². The van der Waals surface area contributed by atoms with Gasteiger partial charge in [0, 0.05) is 30.3 Å². The molecule has 4 N–H and O–H groups in total. The summed E-state index contributed by atoms with van der Waals surface area (Å²) in [6.07, 6.45) is 1.82. The number of anilines is 2. The molecule has 1 aromatic heterocycles. The van der Waals surface area contributed by atoms with Gasteiger partial charge in [0.15, 0.2) is 0 Å². The van der Waals surface area contributed by atoms with Crippen molar-refractivity contribution in [3.8, 4) is 5.69 Å². The smallest absolute Gasteiger partial charge is 0.238 e. The van der Waals surface area contributed by atoms with Gasteiger partial charge in [-0.25, -0.2) is 5.43 Å². The molecule has 1 aromatic carbocycles. The van der Waals surface area contributed by atoms with Crippen molar-refractivity contribution in [2.24, 2.45) is 0 Å². The molecule has 0 amide bonds. The number of para-hydroxylation sites is 1. The number of hydrogen-bond acceptors (Lipinski definition) is 4. The Morgan fingerprint density at radius 1 is 1.19 bits per heavy atom. The molecule has 82 valence electrons. The lowest BCUT2D eigenvalue weighted by atomic mass is 10.3. The van der Waals surface area contributed by atoms with E-state index in [-0.39, 0.29) is 0 Å². The summed E-state index contributed by atoms with van der Waals surface area (Å²) in [7, 11) is 1.76. The molecule has 0 saturated heterocycles. The first-order valence-electron chi connectivity index (χ1n) is 4.98. The van der Waals surface area contributed by atoms with Crippen LogP contribution in [0.25, 0.3) is 5.69 Å². The molecule has 0 bridgehead atoms. The molecule has 0 unspecified atom stereocenters. The zero-order chi connectivity index (χ0) is 11.4. The summed E-state index contributed by atoms with van der Waals surface area (Å²) in [6, 6.07) is 11.7. The van der Waals surface area contributed by atoms with Crippen molar-refractivity contribution in [1.82, 2.24) is 10.5 Å². The van der Waals surface area contributed by atoms with Gasteiger partial charge in [-0.1, -0.05) is 22.9 Å². The maximum atomic E-state index is 5.78. The number of rotatable bonds is 3. The van der Waals surface area contributed by atoms with Crippen LogP contribution in [0, 0.1) is 0 Å². The number of hydrazine groups is 1. The highest BCUT2D eigenvalue weighted by Crippen LogP contribution is 2.10. The summed E-state index contributed by atoms with van der Waals surface area (Å²) in [5, 5.41) is 4.35. The van der Waals surface area contributed by atoms with Crippen molar-refractivity contribution < 1.29 is 4.68 Å². The molecule has 0 saturated carbocycles. The lowest BCUT2D eigenvalue weighted by Gasteiger charge is -2.03. The van der Waals surface area contributed by atoms with Crippen molar-refractivity contribution in [1.29, 1.82) is 0 Å². The molecule has 0 atom stereocenters. The minimum Gasteiger partial charge on any atom is -0.395 e. The van der Waals surface area contributed by atoms with Gasteiger partial charge in [0.05, 0.1) is 5.69 Å². The first-order valence-corrected chi connectivity index (χ1v) is 4.98. The van der Waals surface area contributed by atoms with E-state index in [1.165, 1.54) is 0 Å². The van der Waals surface area contributed by atoms with E-state index < -0.39 is 0 Å². The van der Waals surface area contributed by atoms with Gasteiger partial charge < -0.3 is 5.73 Å². The summed E-state index contributed by atoms with van der Waals surface area (Å²) >= 11 is 0. The lowest BCUT2D eigenvalue weighted by molar-refractivity contribution is -0.658. The maximum absolute atomic E-state index is 5.78. The van der Waals surface area contributed by atoms with E-state index in [1.54, 1.807) is 17.8 Å². The fourth-order valence-corrected chi connectivity index (χ4v) is 1.37. The molecular weight excluding hydrogens is 202 g/mol. The SMILES string of the molecule is CNNc1n[n+](-c2ccccc2)ccc1N. The number of nitrogens with zero attached hydrogens (tertiary/aromatic N) is 2. The van der Waals surface area contributed by atoms with Crippen LogP contribution in [-0.4, -0.2) is 12.1 Å². The van der Waals surface area contributed by atoms with Gasteiger partial charge >= 0.3 is 0 Å². The van der Waals surface area contributed by atoms with Gasteiger partial charge in [-0.3, -0.25) is 5.43 Å². The second-order valence-electron chi connectivity index (χ2n) is 3.27. The highest BCUT2D eigenvalue weighted by atomic mass is 15.4. The number of benzene rings is 1. The Kier molecular flexibility index (Phi) is 2.98. The summed E-state index contributed by atoms with van der Waals surface area (Å²) in [5.41, 5.74) is 13.0. The van der Waals surface area contributed by atoms with E-state index in [2.05, 4.69) is 16.0 Å². The van der Waals surface area contributed by atoms with E-state index in [1.807, 2.05) is 36.5 Å². The fraction of sp³-hybridized carbons (Fsp3) is 0.0909. The van der Waals surface area contributed by atoms with Gasteiger partial charge in [0.1, 0.15) is 0 Å². The molecule has 1 heterocycles. The summed E-state index contributed by atoms with van der Waals surface area (Å²) < 4.78 is 1.76. The molecule has 0 fully saturated rings. The van der Waals surface area contributed by atoms with Crippen LogP contribution < -0.4 is 21.3 Å². The average molecular weight is 216 g/mol. The van der Waals surface area contributed by atoms with Crippen LogP contribution >= 0.6 is 0 Å². The van der Waals surface area contributed by atoms with Gasteiger partial charge in [-0.2, -0.15) is 0 Å². The zero-order valence-electron chi connectivity index (χ0n) is 9.01. The predicted molar refractivity (Wildman–Crippen MR) is 62.9 cm³/mol. The minimum atomic E-state index is 0.599. The quantitative estimate of drug-likeness (QED) is 0.516. The molecule has 16 heavy (non-hydrogen) atoms. The van der Waals surface area contributed by atoms with Crippen LogP contribution in [0.4, 0.5) is 11.5 Å². The number of hydrogen-bond donors (Lipinski definition) is 3. The average Bonchev–Trinajstić information content (AvgIpc) is 2.33. The maximum Gasteiger partial charge on any atom is 0.238 e. The van der Waals surface area contributed by atoms with E-state index in [9.17, 15) is 0 Å². The third-order valence-electron chi connectivity index (χ3n) is 2.14. The number of aromatic nitrogens is 2. The third kappa shape index (κ3) is 2.09. The van der Waals surface area contributed by atoms with Crippen molar-refractivity contribution in [3.05, 3.63) is 42.6 Å². The molecule has 5 nitrogen and oxygen atoms in total. The van der Waals surface area contributed by atoms with E-state index in [0.717, 1.165) is 5.69 Å². The Hall–Kier alpha value is -2.14. The van der Waals surface area contributed by atoms with Crippen molar-refractivity contribution in [2.45, 2.75) is 0 Å². The van der Waals surface area contributed by atoms with Crippen LogP contribution in [0.3, 0.4) is 0 Å². The second kappa shape index (κ2) is 4.59. The van der Waals surface area contributed by atoms with Crippen LogP contribution in [0.2, 0.25) is 0 Å². The molecule has 0 aliphatic heterocycles. The lowest BCUT2D eigenvalue weighted by Crippen LogP contribution is -2.36. The normalized spacial score (nSPS) is 10.1. The van der Waals surface area contributed by atoms with E-state index in [0.29, 0.717) is 11.5 Å². The standard InChI is InChI=1S/C11H13N5/c1-13-14-11-10(12)7-8-16(15-11)9-5-3-2-4-6-9/h2-8H,1H3,(H3,12,13,14,15)/p+1. The summed E-state index contributed by atoms with van der Waals surface area (Å²) in [4.78, 5) is 0. The minimum absolute atomic E-state index is 0.599. The molecule has 0 aliphatic rings. The Morgan fingerprint density at radius 3 is 2.62 bits per heavy atom. The monoisotopic (exact) mass is 216 g/mol. The van der Waals surface area contributed by atoms with Gasteiger partial charge in [0.25, 0.3) is 0 Å². The molecule has 5 heteroatoms. The first kappa shape index (κ1) is 10.4. The Labute approximate surface area is 93.9 Å². The molecule has 2 aromatic rings. The van der Waals surface area contributed by atoms with Gasteiger partial charge in [-0.05, 0) is 0 Å².